The molecule has 17 heavy (non-hydrogen) atoms. The minimum absolute atomic E-state index is 0.0307. The van der Waals surface area contributed by atoms with Crippen LogP contribution in [-0.4, -0.2) is 26.2 Å². The van der Waals surface area contributed by atoms with Gasteiger partial charge in [-0.05, 0) is 31.5 Å². The Labute approximate surface area is 107 Å². The Morgan fingerprint density at radius 3 is 2.76 bits per heavy atom. The molecule has 0 saturated heterocycles. The van der Waals surface area contributed by atoms with Gasteiger partial charge in [-0.25, -0.2) is 0 Å². The van der Waals surface area contributed by atoms with Crippen LogP contribution in [-0.2, 0) is 14.9 Å². The highest BCUT2D eigenvalue weighted by Gasteiger charge is 2.29. The highest BCUT2D eigenvalue weighted by Crippen LogP contribution is 2.25. The molecule has 0 spiro atoms. The molecule has 0 aliphatic rings. The first-order valence-corrected chi connectivity index (χ1v) is 5.89. The highest BCUT2D eigenvalue weighted by atomic mass is 35.5. The molecule has 0 atom stereocenters. The second-order valence-corrected chi connectivity index (χ2v) is 4.82. The maximum atomic E-state index is 12.0. The van der Waals surface area contributed by atoms with Crippen LogP contribution in [0.5, 0.6) is 0 Å². The number of carbonyl (C=O) groups is 1. The van der Waals surface area contributed by atoms with Crippen LogP contribution in [0.3, 0.4) is 0 Å². The van der Waals surface area contributed by atoms with Crippen LogP contribution in [0.25, 0.3) is 0 Å². The molecule has 94 valence electrons. The maximum Gasteiger partial charge on any atom is 0.230 e. The molecule has 0 aliphatic carbocycles. The molecule has 0 saturated carbocycles. The summed E-state index contributed by atoms with van der Waals surface area (Å²) in [4.78, 5) is 12.0. The van der Waals surface area contributed by atoms with E-state index in [0.29, 0.717) is 18.2 Å². The van der Waals surface area contributed by atoms with Gasteiger partial charge in [0.1, 0.15) is 0 Å². The highest BCUT2D eigenvalue weighted by molar-refractivity contribution is 6.30. The Morgan fingerprint density at radius 1 is 1.47 bits per heavy atom. The quantitative estimate of drug-likeness (QED) is 0.821. The normalized spacial score (nSPS) is 11.3. The smallest absolute Gasteiger partial charge is 0.230 e. The fourth-order valence-corrected chi connectivity index (χ4v) is 1.69. The van der Waals surface area contributed by atoms with Gasteiger partial charge in [-0.2, -0.15) is 0 Å². The average Bonchev–Trinajstić information content (AvgIpc) is 2.29. The monoisotopic (exact) mass is 255 g/mol. The van der Waals surface area contributed by atoms with Crippen molar-refractivity contribution in [2.75, 3.05) is 20.3 Å². The third kappa shape index (κ3) is 3.72. The number of rotatable bonds is 5. The second-order valence-electron chi connectivity index (χ2n) is 4.38. The zero-order valence-corrected chi connectivity index (χ0v) is 11.2. The number of halogens is 1. The van der Waals surface area contributed by atoms with E-state index in [1.807, 2.05) is 32.0 Å². The van der Waals surface area contributed by atoms with Crippen LogP contribution in [0.4, 0.5) is 0 Å². The van der Waals surface area contributed by atoms with Crippen molar-refractivity contribution in [3.8, 4) is 0 Å². The molecule has 4 heteroatoms. The topological polar surface area (TPSA) is 38.3 Å². The zero-order valence-electron chi connectivity index (χ0n) is 10.4. The first-order chi connectivity index (χ1) is 7.98. The van der Waals surface area contributed by atoms with E-state index < -0.39 is 5.41 Å². The van der Waals surface area contributed by atoms with Crippen molar-refractivity contribution < 1.29 is 9.53 Å². The SMILES string of the molecule is COCCNC(=O)C(C)(C)c1cccc(Cl)c1. The number of nitrogens with one attached hydrogen (secondary N) is 1. The molecule has 1 aromatic rings. The summed E-state index contributed by atoms with van der Waals surface area (Å²) in [6, 6.07) is 7.37. The van der Waals surface area contributed by atoms with Gasteiger partial charge < -0.3 is 10.1 Å². The van der Waals surface area contributed by atoms with Gasteiger partial charge >= 0.3 is 0 Å². The van der Waals surface area contributed by atoms with Gasteiger partial charge in [0.15, 0.2) is 0 Å². The number of methoxy groups -OCH3 is 1. The minimum Gasteiger partial charge on any atom is -0.383 e. The molecule has 0 aliphatic heterocycles. The minimum atomic E-state index is -0.599. The molecule has 0 radical (unpaired) electrons. The van der Waals surface area contributed by atoms with E-state index in [0.717, 1.165) is 5.56 Å². The molecule has 3 nitrogen and oxygen atoms in total. The van der Waals surface area contributed by atoms with Crippen molar-refractivity contribution in [2.24, 2.45) is 0 Å². The van der Waals surface area contributed by atoms with E-state index in [-0.39, 0.29) is 5.91 Å². The largest absolute Gasteiger partial charge is 0.383 e. The standard InChI is InChI=1S/C13H18ClNO2/c1-13(2,12(16)15-7-8-17-3)10-5-4-6-11(14)9-10/h4-6,9H,7-8H2,1-3H3,(H,15,16). The molecule has 0 aromatic heterocycles. The third-order valence-electron chi connectivity index (χ3n) is 2.71. The van der Waals surface area contributed by atoms with Crippen LogP contribution >= 0.6 is 11.6 Å². The van der Waals surface area contributed by atoms with Crippen molar-refractivity contribution in [2.45, 2.75) is 19.3 Å². The van der Waals surface area contributed by atoms with E-state index in [1.54, 1.807) is 13.2 Å². The molecule has 1 amide bonds. The third-order valence-corrected chi connectivity index (χ3v) is 2.94. The first kappa shape index (κ1) is 14.0. The van der Waals surface area contributed by atoms with Gasteiger partial charge in [0.25, 0.3) is 0 Å². The lowest BCUT2D eigenvalue weighted by Gasteiger charge is -2.24. The number of ether oxygens (including phenoxy) is 1. The summed E-state index contributed by atoms with van der Waals surface area (Å²) in [5, 5.41) is 3.47. The lowest BCUT2D eigenvalue weighted by atomic mass is 9.84. The summed E-state index contributed by atoms with van der Waals surface area (Å²) in [5.74, 6) is -0.0307. The van der Waals surface area contributed by atoms with Gasteiger partial charge in [0, 0.05) is 18.7 Å². The fraction of sp³-hybridized carbons (Fsp3) is 0.462. The van der Waals surface area contributed by atoms with Crippen LogP contribution in [0.1, 0.15) is 19.4 Å². The fourth-order valence-electron chi connectivity index (χ4n) is 1.50. The van der Waals surface area contributed by atoms with Crippen molar-refractivity contribution in [1.29, 1.82) is 0 Å². The summed E-state index contributed by atoms with van der Waals surface area (Å²) in [5.41, 5.74) is 0.304. The predicted octanol–water partition coefficient (Wildman–Crippen LogP) is 2.38. The Kier molecular flexibility index (Phi) is 4.97. The average molecular weight is 256 g/mol. The van der Waals surface area contributed by atoms with Gasteiger partial charge in [0.2, 0.25) is 5.91 Å². The van der Waals surface area contributed by atoms with Gasteiger partial charge in [0.05, 0.1) is 12.0 Å². The summed E-state index contributed by atoms with van der Waals surface area (Å²) in [6.07, 6.45) is 0. The molecule has 0 unspecified atom stereocenters. The lowest BCUT2D eigenvalue weighted by molar-refractivity contribution is -0.125. The molecular weight excluding hydrogens is 238 g/mol. The number of amides is 1. The molecule has 0 fully saturated rings. The Bertz CT molecular complexity index is 391. The predicted molar refractivity (Wildman–Crippen MR) is 69.4 cm³/mol. The number of hydrogen-bond donors (Lipinski definition) is 1. The second kappa shape index (κ2) is 6.03. The molecule has 1 rings (SSSR count). The van der Waals surface area contributed by atoms with Crippen molar-refractivity contribution in [3.05, 3.63) is 34.9 Å². The van der Waals surface area contributed by atoms with E-state index in [2.05, 4.69) is 5.32 Å². The van der Waals surface area contributed by atoms with Crippen LogP contribution in [0, 0.1) is 0 Å². The van der Waals surface area contributed by atoms with Crippen LogP contribution < -0.4 is 5.32 Å². The molecule has 0 heterocycles. The van der Waals surface area contributed by atoms with Gasteiger partial charge in [-0.15, -0.1) is 0 Å². The zero-order chi connectivity index (χ0) is 12.9. The van der Waals surface area contributed by atoms with E-state index >= 15 is 0 Å². The summed E-state index contributed by atoms with van der Waals surface area (Å²) in [7, 11) is 1.61. The van der Waals surface area contributed by atoms with Crippen molar-refractivity contribution in [3.63, 3.8) is 0 Å². The van der Waals surface area contributed by atoms with Crippen molar-refractivity contribution >= 4 is 17.5 Å². The van der Waals surface area contributed by atoms with E-state index in [1.165, 1.54) is 0 Å². The Hall–Kier alpha value is -1.06. The Balaban J connectivity index is 2.76. The van der Waals surface area contributed by atoms with Crippen molar-refractivity contribution in [1.82, 2.24) is 5.32 Å². The first-order valence-electron chi connectivity index (χ1n) is 5.51. The molecule has 0 bridgehead atoms. The Morgan fingerprint density at radius 2 is 2.18 bits per heavy atom. The van der Waals surface area contributed by atoms with Crippen LogP contribution in [0.15, 0.2) is 24.3 Å². The lowest BCUT2D eigenvalue weighted by Crippen LogP contribution is -2.41. The maximum absolute atomic E-state index is 12.0. The van der Waals surface area contributed by atoms with Gasteiger partial charge in [-0.3, -0.25) is 4.79 Å². The van der Waals surface area contributed by atoms with E-state index in [9.17, 15) is 4.79 Å². The van der Waals surface area contributed by atoms with Gasteiger partial charge in [-0.1, -0.05) is 23.7 Å². The molecule has 1 N–H and O–H groups in total. The van der Waals surface area contributed by atoms with E-state index in [4.69, 9.17) is 16.3 Å². The van der Waals surface area contributed by atoms with Crippen LogP contribution in [0.2, 0.25) is 5.02 Å². The molecule has 1 aromatic carbocycles. The number of carbonyl (C=O) groups excluding carboxylic acids is 1. The summed E-state index contributed by atoms with van der Waals surface area (Å²) < 4.78 is 4.89. The molecular formula is C13H18ClNO2. The number of hydrogen-bond acceptors (Lipinski definition) is 2. The number of benzene rings is 1. The summed E-state index contributed by atoms with van der Waals surface area (Å²) >= 11 is 5.93. The summed E-state index contributed by atoms with van der Waals surface area (Å²) in [6.45, 7) is 4.78.